The molecule has 2 fully saturated rings. The van der Waals surface area contributed by atoms with Crippen molar-refractivity contribution in [2.24, 2.45) is 4.99 Å². The normalized spacial score (nSPS) is 19.6. The summed E-state index contributed by atoms with van der Waals surface area (Å²) < 4.78 is 11.4. The third-order valence-electron chi connectivity index (χ3n) is 5.21. The Bertz CT molecular complexity index is 648. The minimum absolute atomic E-state index is 0.0933. The van der Waals surface area contributed by atoms with Gasteiger partial charge in [-0.25, -0.2) is 4.99 Å². The number of carbonyl (C=O) groups excluding carboxylic acids is 1. The Kier molecular flexibility index (Phi) is 7.73. The molecule has 2 saturated heterocycles. The minimum atomic E-state index is 0.0933. The molecule has 156 valence electrons. The molecule has 3 heterocycles. The molecule has 1 unspecified atom stereocenters. The first-order valence-electron chi connectivity index (χ1n) is 10.4. The smallest absolute Gasteiger partial charge is 0.244 e. The van der Waals surface area contributed by atoms with Crippen molar-refractivity contribution in [3.8, 4) is 0 Å². The number of amides is 1. The lowest BCUT2D eigenvalue weighted by atomic mass is 10.1. The van der Waals surface area contributed by atoms with Crippen LogP contribution in [0, 0.1) is 6.92 Å². The van der Waals surface area contributed by atoms with Crippen LogP contribution in [0.25, 0.3) is 0 Å². The zero-order valence-electron chi connectivity index (χ0n) is 17.1. The first-order valence-corrected chi connectivity index (χ1v) is 10.4. The average molecular weight is 392 g/mol. The van der Waals surface area contributed by atoms with Crippen LogP contribution >= 0.6 is 0 Å². The number of rotatable bonds is 7. The molecule has 0 aromatic carbocycles. The van der Waals surface area contributed by atoms with E-state index in [4.69, 9.17) is 9.15 Å². The monoisotopic (exact) mass is 391 g/mol. The fraction of sp³-hybridized carbons (Fsp3) is 0.700. The number of nitrogens with zero attached hydrogens (tertiary/aromatic N) is 3. The van der Waals surface area contributed by atoms with Gasteiger partial charge < -0.3 is 24.7 Å². The Morgan fingerprint density at radius 3 is 2.57 bits per heavy atom. The van der Waals surface area contributed by atoms with Crippen molar-refractivity contribution >= 4 is 11.9 Å². The van der Waals surface area contributed by atoms with E-state index in [0.29, 0.717) is 12.5 Å². The third-order valence-corrected chi connectivity index (χ3v) is 5.21. The number of hydrogen-bond donors (Lipinski definition) is 2. The second kappa shape index (κ2) is 10.5. The molecule has 0 spiro atoms. The van der Waals surface area contributed by atoms with Gasteiger partial charge in [0.05, 0.1) is 19.3 Å². The summed E-state index contributed by atoms with van der Waals surface area (Å²) in [5.41, 5.74) is 0. The summed E-state index contributed by atoms with van der Waals surface area (Å²) in [7, 11) is 0. The van der Waals surface area contributed by atoms with Gasteiger partial charge in [0.1, 0.15) is 18.1 Å². The molecule has 0 saturated carbocycles. The van der Waals surface area contributed by atoms with Crippen LogP contribution in [-0.2, 0) is 9.53 Å². The molecular formula is C20H33N5O3. The fourth-order valence-electron chi connectivity index (χ4n) is 3.68. The Morgan fingerprint density at radius 1 is 1.18 bits per heavy atom. The van der Waals surface area contributed by atoms with E-state index in [1.807, 2.05) is 30.9 Å². The lowest BCUT2D eigenvalue weighted by Crippen LogP contribution is -2.46. The quantitative estimate of drug-likeness (QED) is 0.536. The number of carbonyl (C=O) groups is 1. The van der Waals surface area contributed by atoms with Gasteiger partial charge in [0.2, 0.25) is 5.91 Å². The highest BCUT2D eigenvalue weighted by molar-refractivity contribution is 5.85. The van der Waals surface area contributed by atoms with Crippen LogP contribution in [0.3, 0.4) is 0 Å². The van der Waals surface area contributed by atoms with Crippen molar-refractivity contribution in [1.29, 1.82) is 0 Å². The van der Waals surface area contributed by atoms with Crippen LogP contribution in [0.5, 0.6) is 0 Å². The standard InChI is InChI=1S/C20H33N5O3/c1-3-21-20(23-15-19(26)25-8-4-5-9-25)22-14-17(18-7-6-16(2)28-18)24-10-12-27-13-11-24/h6-7,17H,3-5,8-15H2,1-2H3,(H2,21,22,23). The van der Waals surface area contributed by atoms with Crippen molar-refractivity contribution in [3.05, 3.63) is 23.7 Å². The molecule has 1 atom stereocenters. The molecule has 0 radical (unpaired) electrons. The lowest BCUT2D eigenvalue weighted by molar-refractivity contribution is -0.128. The fourth-order valence-corrected chi connectivity index (χ4v) is 3.68. The van der Waals surface area contributed by atoms with Crippen LogP contribution in [0.1, 0.15) is 37.3 Å². The second-order valence-electron chi connectivity index (χ2n) is 7.28. The van der Waals surface area contributed by atoms with Gasteiger partial charge in [-0.2, -0.15) is 0 Å². The van der Waals surface area contributed by atoms with E-state index in [-0.39, 0.29) is 18.5 Å². The third kappa shape index (κ3) is 5.72. The molecule has 0 aliphatic carbocycles. The summed E-state index contributed by atoms with van der Waals surface area (Å²) in [6.45, 7) is 10.5. The molecule has 0 bridgehead atoms. The van der Waals surface area contributed by atoms with Gasteiger partial charge in [-0.05, 0) is 38.8 Å². The Labute approximate surface area is 167 Å². The number of ether oxygens (including phenoxy) is 1. The van der Waals surface area contributed by atoms with E-state index in [1.54, 1.807) is 0 Å². The van der Waals surface area contributed by atoms with Crippen LogP contribution in [0.2, 0.25) is 0 Å². The predicted octanol–water partition coefficient (Wildman–Crippen LogP) is 1.14. The number of morpholine rings is 1. The highest BCUT2D eigenvalue weighted by Gasteiger charge is 2.25. The maximum absolute atomic E-state index is 12.3. The van der Waals surface area contributed by atoms with Crippen LogP contribution < -0.4 is 10.6 Å². The zero-order chi connectivity index (χ0) is 19.8. The van der Waals surface area contributed by atoms with Gasteiger partial charge in [-0.3, -0.25) is 9.69 Å². The van der Waals surface area contributed by atoms with E-state index in [1.165, 1.54) is 0 Å². The first kappa shape index (κ1) is 20.7. The SMILES string of the molecule is CCNC(=NCC(=O)N1CCCC1)NCC(c1ccc(C)o1)N1CCOCC1. The topological polar surface area (TPSA) is 82.3 Å². The van der Waals surface area contributed by atoms with Crippen molar-refractivity contribution in [1.82, 2.24) is 20.4 Å². The molecular weight excluding hydrogens is 358 g/mol. The van der Waals surface area contributed by atoms with Gasteiger partial charge in [-0.1, -0.05) is 0 Å². The molecule has 1 aromatic rings. The van der Waals surface area contributed by atoms with Crippen molar-refractivity contribution in [3.63, 3.8) is 0 Å². The largest absolute Gasteiger partial charge is 0.465 e. The average Bonchev–Trinajstić information content (AvgIpc) is 3.39. The minimum Gasteiger partial charge on any atom is -0.465 e. The number of aliphatic imine (C=N–C) groups is 1. The molecule has 1 amide bonds. The first-order chi connectivity index (χ1) is 13.7. The van der Waals surface area contributed by atoms with Crippen molar-refractivity contribution in [2.45, 2.75) is 32.7 Å². The van der Waals surface area contributed by atoms with Crippen molar-refractivity contribution < 1.29 is 13.9 Å². The summed E-state index contributed by atoms with van der Waals surface area (Å²) >= 11 is 0. The number of hydrogen-bond acceptors (Lipinski definition) is 5. The van der Waals surface area contributed by atoms with E-state index in [0.717, 1.165) is 70.3 Å². The zero-order valence-corrected chi connectivity index (χ0v) is 17.1. The van der Waals surface area contributed by atoms with Gasteiger partial charge in [-0.15, -0.1) is 0 Å². The Balaban J connectivity index is 1.62. The van der Waals surface area contributed by atoms with E-state index in [9.17, 15) is 4.79 Å². The summed E-state index contributed by atoms with van der Waals surface area (Å²) in [5, 5.41) is 6.64. The van der Waals surface area contributed by atoms with Crippen molar-refractivity contribution in [2.75, 3.05) is 59.0 Å². The molecule has 2 N–H and O–H groups in total. The van der Waals surface area contributed by atoms with E-state index >= 15 is 0 Å². The van der Waals surface area contributed by atoms with Crippen LogP contribution in [0.4, 0.5) is 0 Å². The highest BCUT2D eigenvalue weighted by Crippen LogP contribution is 2.23. The van der Waals surface area contributed by atoms with Gasteiger partial charge in [0.25, 0.3) is 0 Å². The highest BCUT2D eigenvalue weighted by atomic mass is 16.5. The molecule has 8 nitrogen and oxygen atoms in total. The van der Waals surface area contributed by atoms with E-state index < -0.39 is 0 Å². The molecule has 2 aliphatic heterocycles. The summed E-state index contributed by atoms with van der Waals surface area (Å²) in [6, 6.07) is 4.13. The van der Waals surface area contributed by atoms with E-state index in [2.05, 4.69) is 20.5 Å². The number of nitrogens with one attached hydrogen (secondary N) is 2. The summed E-state index contributed by atoms with van der Waals surface area (Å²) in [6.07, 6.45) is 2.19. The number of guanidine groups is 1. The summed E-state index contributed by atoms with van der Waals surface area (Å²) in [5.74, 6) is 2.61. The maximum Gasteiger partial charge on any atom is 0.244 e. The van der Waals surface area contributed by atoms with Gasteiger partial charge in [0, 0.05) is 39.3 Å². The number of furan rings is 1. The number of aryl methyl sites for hydroxylation is 1. The van der Waals surface area contributed by atoms with Gasteiger partial charge >= 0.3 is 0 Å². The molecule has 1 aromatic heterocycles. The predicted molar refractivity (Wildman–Crippen MR) is 108 cm³/mol. The van der Waals surface area contributed by atoms with Crippen LogP contribution in [0.15, 0.2) is 21.5 Å². The lowest BCUT2D eigenvalue weighted by Gasteiger charge is -2.33. The molecule has 2 aliphatic rings. The molecule has 8 heteroatoms. The second-order valence-corrected chi connectivity index (χ2v) is 7.28. The molecule has 3 rings (SSSR count). The molecule has 28 heavy (non-hydrogen) atoms. The maximum atomic E-state index is 12.3. The summed E-state index contributed by atoms with van der Waals surface area (Å²) in [4.78, 5) is 21.1. The Hall–Kier alpha value is -2.06. The van der Waals surface area contributed by atoms with Crippen LogP contribution in [-0.4, -0.2) is 80.7 Å². The Morgan fingerprint density at radius 2 is 1.93 bits per heavy atom. The van der Waals surface area contributed by atoms with Gasteiger partial charge in [0.15, 0.2) is 5.96 Å². The number of likely N-dealkylation sites (tertiary alicyclic amines) is 1.